The van der Waals surface area contributed by atoms with Crippen molar-refractivity contribution < 1.29 is 80.2 Å². The van der Waals surface area contributed by atoms with E-state index in [1.165, 1.54) is 205 Å². The maximum atomic E-state index is 13.1. The first kappa shape index (κ1) is 95.5. The summed E-state index contributed by atoms with van der Waals surface area (Å²) in [4.78, 5) is 73.0. The first-order valence-electron chi connectivity index (χ1n) is 40.6. The van der Waals surface area contributed by atoms with E-state index in [1.807, 2.05) is 0 Å². The number of esters is 4. The van der Waals surface area contributed by atoms with E-state index in [0.717, 1.165) is 116 Å². The van der Waals surface area contributed by atoms with Gasteiger partial charge in [0, 0.05) is 25.7 Å². The van der Waals surface area contributed by atoms with Crippen LogP contribution in [-0.2, 0) is 65.4 Å². The molecule has 578 valence electrons. The molecule has 2 unspecified atom stereocenters. The van der Waals surface area contributed by atoms with Crippen LogP contribution < -0.4 is 0 Å². The molecule has 98 heavy (non-hydrogen) atoms. The van der Waals surface area contributed by atoms with Crippen molar-refractivity contribution in [1.82, 2.24) is 0 Å². The Balaban J connectivity index is 5.30. The Hall–Kier alpha value is -2.46. The van der Waals surface area contributed by atoms with Crippen LogP contribution in [0.4, 0.5) is 0 Å². The van der Waals surface area contributed by atoms with Gasteiger partial charge in [-0.1, -0.05) is 322 Å². The van der Waals surface area contributed by atoms with Gasteiger partial charge in [0.1, 0.15) is 19.3 Å². The lowest BCUT2D eigenvalue weighted by atomic mass is 10.0. The van der Waals surface area contributed by atoms with Gasteiger partial charge in [-0.3, -0.25) is 37.3 Å². The zero-order valence-corrected chi connectivity index (χ0v) is 65.0. The van der Waals surface area contributed by atoms with Gasteiger partial charge in [-0.25, -0.2) is 9.13 Å². The van der Waals surface area contributed by atoms with E-state index in [-0.39, 0.29) is 25.7 Å². The number of allylic oxidation sites excluding steroid dienone is 4. The number of ether oxygens (including phenoxy) is 4. The van der Waals surface area contributed by atoms with E-state index in [1.54, 1.807) is 0 Å². The molecule has 0 aliphatic heterocycles. The van der Waals surface area contributed by atoms with Crippen LogP contribution in [0.5, 0.6) is 0 Å². The third-order valence-corrected chi connectivity index (χ3v) is 19.8. The Bertz CT molecular complexity index is 1950. The van der Waals surface area contributed by atoms with Gasteiger partial charge in [0.2, 0.25) is 0 Å². The van der Waals surface area contributed by atoms with Gasteiger partial charge < -0.3 is 33.8 Å². The fraction of sp³-hybridized carbons (Fsp3) is 0.899. The van der Waals surface area contributed by atoms with Crippen molar-refractivity contribution in [3.8, 4) is 0 Å². The van der Waals surface area contributed by atoms with E-state index in [0.29, 0.717) is 25.7 Å². The summed E-state index contributed by atoms with van der Waals surface area (Å²) in [6.07, 6.45) is 67.2. The number of phosphoric acid groups is 2. The van der Waals surface area contributed by atoms with Crippen LogP contribution in [0.2, 0.25) is 0 Å². The number of aliphatic hydroxyl groups excluding tert-OH is 1. The molecule has 0 amide bonds. The van der Waals surface area contributed by atoms with Crippen LogP contribution >= 0.6 is 15.6 Å². The maximum Gasteiger partial charge on any atom is 0.472 e. The first-order valence-corrected chi connectivity index (χ1v) is 43.6. The summed E-state index contributed by atoms with van der Waals surface area (Å²) in [5.74, 6) is -2.14. The van der Waals surface area contributed by atoms with E-state index >= 15 is 0 Å². The Labute approximate surface area is 599 Å². The Morgan fingerprint density at radius 2 is 0.469 bits per heavy atom. The molecule has 19 heteroatoms. The number of aliphatic hydroxyl groups is 1. The first-order chi connectivity index (χ1) is 47.7. The summed E-state index contributed by atoms with van der Waals surface area (Å²) in [5.41, 5.74) is 0. The molecule has 0 saturated carbocycles. The van der Waals surface area contributed by atoms with Gasteiger partial charge in [0.25, 0.3) is 0 Å². The van der Waals surface area contributed by atoms with Gasteiger partial charge in [-0.15, -0.1) is 0 Å². The van der Waals surface area contributed by atoms with Gasteiger partial charge >= 0.3 is 39.5 Å². The van der Waals surface area contributed by atoms with Crippen molar-refractivity contribution in [3.63, 3.8) is 0 Å². The van der Waals surface area contributed by atoms with Gasteiger partial charge in [0.15, 0.2) is 12.2 Å². The normalized spacial score (nSPS) is 14.0. The molecule has 0 aliphatic carbocycles. The summed E-state index contributed by atoms with van der Waals surface area (Å²) in [7, 11) is -9.93. The zero-order chi connectivity index (χ0) is 71.8. The summed E-state index contributed by atoms with van der Waals surface area (Å²) in [6, 6.07) is 0. The highest BCUT2D eigenvalue weighted by Crippen LogP contribution is 2.45. The van der Waals surface area contributed by atoms with E-state index in [9.17, 15) is 43.2 Å². The fourth-order valence-electron chi connectivity index (χ4n) is 11.7. The molecule has 0 spiro atoms. The monoisotopic (exact) mass is 1430 g/mol. The minimum atomic E-state index is -4.97. The number of carbonyl (C=O) groups excluding carboxylic acids is 4. The van der Waals surface area contributed by atoms with Crippen LogP contribution in [-0.4, -0.2) is 96.7 Å². The minimum Gasteiger partial charge on any atom is -0.462 e. The van der Waals surface area contributed by atoms with Crippen molar-refractivity contribution >= 4 is 39.5 Å². The summed E-state index contributed by atoms with van der Waals surface area (Å²) >= 11 is 0. The topological polar surface area (TPSA) is 237 Å². The largest absolute Gasteiger partial charge is 0.472 e. The zero-order valence-electron chi connectivity index (χ0n) is 63.2. The maximum absolute atomic E-state index is 13.1. The lowest BCUT2D eigenvalue weighted by Crippen LogP contribution is -2.30. The smallest absolute Gasteiger partial charge is 0.462 e. The number of phosphoric ester groups is 2. The molecule has 5 atom stereocenters. The highest BCUT2D eigenvalue weighted by Gasteiger charge is 2.30. The van der Waals surface area contributed by atoms with Crippen molar-refractivity contribution in [2.45, 2.75) is 418 Å². The molecule has 0 aromatic carbocycles. The highest BCUT2D eigenvalue weighted by molar-refractivity contribution is 7.47. The third kappa shape index (κ3) is 71.9. The number of hydrogen-bond acceptors (Lipinski definition) is 15. The quantitative estimate of drug-likeness (QED) is 0.0169. The molecule has 0 fully saturated rings. The number of hydrogen-bond donors (Lipinski definition) is 3. The SMILES string of the molecule is CCCCCCCC/C=C\CCCCCCCC(=O)O[C@H](COC(=O)CCCCCCCCCCCCCCC)COP(=O)(O)OC[C@H](O)COP(=O)(O)OC[C@@H](COC(=O)CCCCCCCCCCCCCCCCC)OC(=O)CCCCCCC/C=C\CCCCCCCC. The average Bonchev–Trinajstić information content (AvgIpc) is 1.05. The van der Waals surface area contributed by atoms with Crippen LogP contribution in [0, 0.1) is 0 Å². The summed E-state index contributed by atoms with van der Waals surface area (Å²) in [5, 5.41) is 10.6. The Kier molecular flexibility index (Phi) is 71.0. The fourth-order valence-corrected chi connectivity index (χ4v) is 13.3. The van der Waals surface area contributed by atoms with Gasteiger partial charge in [-0.05, 0) is 77.0 Å². The molecule has 0 radical (unpaired) electrons. The predicted octanol–water partition coefficient (Wildman–Crippen LogP) is 23.3. The summed E-state index contributed by atoms with van der Waals surface area (Å²) in [6.45, 7) is 4.96. The van der Waals surface area contributed by atoms with Crippen molar-refractivity contribution in [2.75, 3.05) is 39.6 Å². The molecular formula is C79H150O17P2. The number of rotatable bonds is 78. The van der Waals surface area contributed by atoms with Crippen LogP contribution in [0.25, 0.3) is 0 Å². The molecule has 0 heterocycles. The van der Waals surface area contributed by atoms with Crippen LogP contribution in [0.15, 0.2) is 24.3 Å². The lowest BCUT2D eigenvalue weighted by Gasteiger charge is -2.21. The van der Waals surface area contributed by atoms with Crippen LogP contribution in [0.1, 0.15) is 400 Å². The molecule has 0 bridgehead atoms. The average molecular weight is 1430 g/mol. The molecule has 0 aromatic heterocycles. The van der Waals surface area contributed by atoms with Crippen molar-refractivity contribution in [2.24, 2.45) is 0 Å². The number of unbranched alkanes of at least 4 members (excludes halogenated alkanes) is 48. The minimum absolute atomic E-state index is 0.0937. The third-order valence-electron chi connectivity index (χ3n) is 17.9. The standard InChI is InChI=1S/C79H150O17P2/c1-5-9-13-17-21-25-29-33-36-40-44-48-52-56-60-64-77(82)90-70-75(96-79(84)66-62-58-54-50-46-42-38-35-31-27-23-19-15-11-7-3)72-94-98(87,88)92-68-73(80)67-91-97(85,86)93-71-74(69-89-76(81)63-59-55-51-47-43-39-32-28-24-20-16-12-8-4)95-78(83)65-61-57-53-49-45-41-37-34-30-26-22-18-14-10-6-2/h34-35,37-38,73-75,80H,5-33,36,39-72H2,1-4H3,(H,85,86)(H,87,88)/b37-34-,38-35-/t73-,74+,75+/m0/s1. The molecule has 17 nitrogen and oxygen atoms in total. The molecular weight excluding hydrogens is 1280 g/mol. The highest BCUT2D eigenvalue weighted by atomic mass is 31.2. The van der Waals surface area contributed by atoms with Crippen molar-refractivity contribution in [3.05, 3.63) is 24.3 Å². The Morgan fingerprint density at radius 1 is 0.276 bits per heavy atom. The lowest BCUT2D eigenvalue weighted by molar-refractivity contribution is -0.161. The second kappa shape index (κ2) is 72.9. The van der Waals surface area contributed by atoms with Crippen LogP contribution in [0.3, 0.4) is 0 Å². The van der Waals surface area contributed by atoms with E-state index in [2.05, 4.69) is 52.0 Å². The van der Waals surface area contributed by atoms with Crippen molar-refractivity contribution in [1.29, 1.82) is 0 Å². The molecule has 0 aromatic rings. The van der Waals surface area contributed by atoms with E-state index < -0.39 is 97.5 Å². The van der Waals surface area contributed by atoms with Gasteiger partial charge in [0.05, 0.1) is 26.4 Å². The molecule has 3 N–H and O–H groups in total. The molecule has 0 aliphatic rings. The second-order valence-electron chi connectivity index (χ2n) is 27.7. The van der Waals surface area contributed by atoms with E-state index in [4.69, 9.17) is 37.0 Å². The van der Waals surface area contributed by atoms with Gasteiger partial charge in [-0.2, -0.15) is 0 Å². The Morgan fingerprint density at radius 3 is 0.704 bits per heavy atom. The predicted molar refractivity (Wildman–Crippen MR) is 400 cm³/mol. The molecule has 0 saturated heterocycles. The molecule has 0 rings (SSSR count). The number of carbonyl (C=O) groups is 4. The second-order valence-corrected chi connectivity index (χ2v) is 30.6. The summed E-state index contributed by atoms with van der Waals surface area (Å²) < 4.78 is 68.6.